The summed E-state index contributed by atoms with van der Waals surface area (Å²) in [7, 11) is -4.81. The highest BCUT2D eigenvalue weighted by molar-refractivity contribution is 7.46. The van der Waals surface area contributed by atoms with Crippen LogP contribution in [0.1, 0.15) is 6.92 Å². The van der Waals surface area contributed by atoms with E-state index in [1.54, 1.807) is 60.7 Å². The summed E-state index contributed by atoms with van der Waals surface area (Å²) in [5.74, 6) is -1.27. The standard InChI is InChI=1S/C14H15O6P/c1-14(20-21(15,16)17,18-12-8-4-2-5-9-12)19-13-10-6-3-7-11-13/h2-11H,1H3,(H2,15,16,17). The molecule has 6 nitrogen and oxygen atoms in total. The van der Waals surface area contributed by atoms with Crippen LogP contribution in [0.25, 0.3) is 0 Å². The number of benzene rings is 2. The van der Waals surface area contributed by atoms with E-state index in [0.717, 1.165) is 0 Å². The predicted molar refractivity (Wildman–Crippen MR) is 75.7 cm³/mol. The van der Waals surface area contributed by atoms with Crippen LogP contribution in [-0.4, -0.2) is 15.8 Å². The number of phosphoric acid groups is 1. The first-order valence-electron chi connectivity index (χ1n) is 6.11. The fourth-order valence-corrected chi connectivity index (χ4v) is 2.19. The average molecular weight is 310 g/mol. The Balaban J connectivity index is 2.23. The van der Waals surface area contributed by atoms with Crippen molar-refractivity contribution in [2.24, 2.45) is 0 Å². The van der Waals surface area contributed by atoms with Crippen molar-refractivity contribution in [3.05, 3.63) is 60.7 Å². The molecule has 0 bridgehead atoms. The van der Waals surface area contributed by atoms with Crippen LogP contribution in [0.2, 0.25) is 0 Å². The molecule has 0 unspecified atom stereocenters. The molecule has 0 amide bonds. The molecule has 2 aromatic rings. The lowest BCUT2D eigenvalue weighted by molar-refractivity contribution is -0.245. The molecule has 0 heterocycles. The van der Waals surface area contributed by atoms with Crippen LogP contribution in [-0.2, 0) is 9.09 Å². The maximum atomic E-state index is 11.1. The lowest BCUT2D eigenvalue weighted by atomic mass is 10.3. The summed E-state index contributed by atoms with van der Waals surface area (Å²) in [6.45, 7) is 1.28. The Labute approximate surface area is 122 Å². The zero-order chi connectivity index (χ0) is 15.3. The zero-order valence-electron chi connectivity index (χ0n) is 11.2. The van der Waals surface area contributed by atoms with Gasteiger partial charge in [-0.2, -0.15) is 0 Å². The second kappa shape index (κ2) is 6.28. The fraction of sp³-hybridized carbons (Fsp3) is 0.143. The van der Waals surface area contributed by atoms with E-state index < -0.39 is 13.8 Å². The van der Waals surface area contributed by atoms with Crippen molar-refractivity contribution in [2.45, 2.75) is 12.9 Å². The van der Waals surface area contributed by atoms with Gasteiger partial charge >= 0.3 is 13.8 Å². The summed E-state index contributed by atoms with van der Waals surface area (Å²) in [4.78, 5) is 18.1. The van der Waals surface area contributed by atoms with Crippen molar-refractivity contribution in [3.63, 3.8) is 0 Å². The van der Waals surface area contributed by atoms with Gasteiger partial charge in [-0.05, 0) is 24.3 Å². The quantitative estimate of drug-likeness (QED) is 0.630. The first-order chi connectivity index (χ1) is 9.86. The van der Waals surface area contributed by atoms with Crippen LogP contribution in [0.5, 0.6) is 11.5 Å². The van der Waals surface area contributed by atoms with Crippen molar-refractivity contribution in [1.29, 1.82) is 0 Å². The van der Waals surface area contributed by atoms with Crippen LogP contribution < -0.4 is 9.47 Å². The number of hydrogen-bond donors (Lipinski definition) is 2. The highest BCUT2D eigenvalue weighted by Crippen LogP contribution is 2.42. The monoisotopic (exact) mass is 310 g/mol. The summed E-state index contributed by atoms with van der Waals surface area (Å²) in [6, 6.07) is 16.9. The Morgan fingerprint density at radius 3 is 1.57 bits per heavy atom. The van der Waals surface area contributed by atoms with E-state index in [1.807, 2.05) is 0 Å². The zero-order valence-corrected chi connectivity index (χ0v) is 12.1. The molecule has 112 valence electrons. The van der Waals surface area contributed by atoms with Gasteiger partial charge in [0.05, 0.1) is 0 Å². The van der Waals surface area contributed by atoms with Crippen LogP contribution in [0.15, 0.2) is 60.7 Å². The van der Waals surface area contributed by atoms with Crippen molar-refractivity contribution in [1.82, 2.24) is 0 Å². The van der Waals surface area contributed by atoms with E-state index in [9.17, 15) is 4.57 Å². The molecule has 0 aliphatic rings. The Bertz CT molecular complexity index is 568. The molecule has 2 aromatic carbocycles. The fourth-order valence-electron chi connectivity index (χ4n) is 1.68. The maximum Gasteiger partial charge on any atom is 0.475 e. The molecule has 0 aromatic heterocycles. The number of rotatable bonds is 6. The van der Waals surface area contributed by atoms with Gasteiger partial charge in [0, 0.05) is 6.92 Å². The summed E-state index contributed by atoms with van der Waals surface area (Å²) in [6.07, 6.45) is 0. The lowest BCUT2D eigenvalue weighted by Crippen LogP contribution is -2.41. The molecule has 7 heteroatoms. The lowest BCUT2D eigenvalue weighted by Gasteiger charge is -2.30. The van der Waals surface area contributed by atoms with Crippen LogP contribution in [0.3, 0.4) is 0 Å². The number of hydrogen-bond acceptors (Lipinski definition) is 4. The van der Waals surface area contributed by atoms with Gasteiger partial charge in [0.25, 0.3) is 0 Å². The average Bonchev–Trinajstić information content (AvgIpc) is 2.38. The molecule has 2 rings (SSSR count). The van der Waals surface area contributed by atoms with E-state index in [-0.39, 0.29) is 0 Å². The number of para-hydroxylation sites is 2. The molecule has 21 heavy (non-hydrogen) atoms. The molecule has 0 fully saturated rings. The van der Waals surface area contributed by atoms with Crippen molar-refractivity contribution in [2.75, 3.05) is 0 Å². The molecule has 0 radical (unpaired) electrons. The smallest absolute Gasteiger partial charge is 0.430 e. The van der Waals surface area contributed by atoms with Gasteiger partial charge in [0.2, 0.25) is 0 Å². The van der Waals surface area contributed by atoms with Crippen molar-refractivity contribution >= 4 is 7.82 Å². The minimum atomic E-state index is -4.81. The van der Waals surface area contributed by atoms with E-state index in [0.29, 0.717) is 11.5 Å². The van der Waals surface area contributed by atoms with Gasteiger partial charge in [0.1, 0.15) is 11.5 Å². The normalized spacial score (nSPS) is 12.0. The highest BCUT2D eigenvalue weighted by atomic mass is 31.2. The summed E-state index contributed by atoms with van der Waals surface area (Å²) in [5, 5.41) is 0. The molecule has 0 saturated heterocycles. The van der Waals surface area contributed by atoms with E-state index in [2.05, 4.69) is 4.52 Å². The maximum absolute atomic E-state index is 11.1. The molecule has 0 aliphatic heterocycles. The van der Waals surface area contributed by atoms with E-state index in [4.69, 9.17) is 19.3 Å². The molecule has 2 N–H and O–H groups in total. The molecular weight excluding hydrogens is 295 g/mol. The van der Waals surface area contributed by atoms with Crippen LogP contribution >= 0.6 is 7.82 Å². The molecular formula is C14H15O6P. The van der Waals surface area contributed by atoms with Gasteiger partial charge in [-0.25, -0.2) is 9.09 Å². The number of ether oxygens (including phenoxy) is 2. The highest BCUT2D eigenvalue weighted by Gasteiger charge is 2.38. The molecule has 0 aliphatic carbocycles. The third kappa shape index (κ3) is 5.21. The van der Waals surface area contributed by atoms with Gasteiger partial charge in [-0.15, -0.1) is 0 Å². The Hall–Kier alpha value is -1.85. The third-order valence-electron chi connectivity index (χ3n) is 2.38. The predicted octanol–water partition coefficient (Wildman–Crippen LogP) is 2.93. The van der Waals surface area contributed by atoms with E-state index in [1.165, 1.54) is 6.92 Å². The van der Waals surface area contributed by atoms with Crippen molar-refractivity contribution < 1.29 is 28.3 Å². The summed E-state index contributed by atoms with van der Waals surface area (Å²) >= 11 is 0. The van der Waals surface area contributed by atoms with E-state index >= 15 is 0 Å². The second-order valence-corrected chi connectivity index (χ2v) is 5.44. The SMILES string of the molecule is CC(Oc1ccccc1)(Oc1ccccc1)OP(=O)(O)O. The minimum Gasteiger partial charge on any atom is -0.430 e. The topological polar surface area (TPSA) is 85.2 Å². The van der Waals surface area contributed by atoms with Gasteiger partial charge in [0.15, 0.2) is 0 Å². The molecule has 0 saturated carbocycles. The van der Waals surface area contributed by atoms with Gasteiger partial charge in [-0.1, -0.05) is 36.4 Å². The van der Waals surface area contributed by atoms with Gasteiger partial charge in [-0.3, -0.25) is 0 Å². The number of phosphoric ester groups is 1. The third-order valence-corrected chi connectivity index (χ3v) is 2.95. The molecule has 0 atom stereocenters. The second-order valence-electron chi connectivity index (χ2n) is 4.27. The summed E-state index contributed by atoms with van der Waals surface area (Å²) in [5.41, 5.74) is 0. The summed E-state index contributed by atoms with van der Waals surface area (Å²) < 4.78 is 26.7. The van der Waals surface area contributed by atoms with Crippen LogP contribution in [0, 0.1) is 0 Å². The Kier molecular flexibility index (Phi) is 4.65. The molecule has 0 spiro atoms. The first kappa shape index (κ1) is 15.5. The van der Waals surface area contributed by atoms with Gasteiger partial charge < -0.3 is 19.3 Å². The Morgan fingerprint density at radius 2 is 1.24 bits per heavy atom. The Morgan fingerprint density at radius 1 is 0.857 bits per heavy atom. The van der Waals surface area contributed by atoms with Crippen molar-refractivity contribution in [3.8, 4) is 11.5 Å². The minimum absolute atomic E-state index is 0.351. The largest absolute Gasteiger partial charge is 0.475 e. The first-order valence-corrected chi connectivity index (χ1v) is 7.64. The van der Waals surface area contributed by atoms with Crippen LogP contribution in [0.4, 0.5) is 0 Å².